The third-order valence-corrected chi connectivity index (χ3v) is 19.4. The first-order chi connectivity index (χ1) is 7.24. The van der Waals surface area contributed by atoms with Gasteiger partial charge in [0.2, 0.25) is 0 Å². The molecular weight excluding hydrogens is 228 g/mol. The number of para-hydroxylation sites is 1. The highest BCUT2D eigenvalue weighted by atomic mass is 29.3. The highest BCUT2D eigenvalue weighted by Gasteiger charge is 2.35. The molecule has 0 aliphatic rings. The van der Waals surface area contributed by atoms with Crippen molar-refractivity contribution in [2.24, 2.45) is 0 Å². The zero-order valence-corrected chi connectivity index (χ0v) is 12.8. The summed E-state index contributed by atoms with van der Waals surface area (Å²) in [6.45, 7) is 11.8. The van der Waals surface area contributed by atoms with Gasteiger partial charge in [0.25, 0.3) is 0 Å². The maximum atomic E-state index is 9.63. The molecule has 0 bridgehead atoms. The predicted molar refractivity (Wildman–Crippen MR) is 75.8 cm³/mol. The van der Waals surface area contributed by atoms with Gasteiger partial charge in [0.15, 0.2) is 0 Å². The minimum atomic E-state index is -1.44. The van der Waals surface area contributed by atoms with Crippen LogP contribution in [0.15, 0.2) is 24.3 Å². The number of benzene rings is 1. The third kappa shape index (κ3) is 3.00. The van der Waals surface area contributed by atoms with Crippen LogP contribution in [0.1, 0.15) is 5.56 Å². The molecule has 16 heavy (non-hydrogen) atoms. The highest BCUT2D eigenvalue weighted by Crippen LogP contribution is 2.19. The van der Waals surface area contributed by atoms with Crippen LogP contribution in [0.2, 0.25) is 32.7 Å². The number of phenolic OH excluding ortho intramolecular Hbond substituents is 1. The summed E-state index contributed by atoms with van der Waals surface area (Å²) < 4.78 is 0. The normalized spacial score (nSPS) is 11.8. The van der Waals surface area contributed by atoms with Crippen LogP contribution >= 0.6 is 0 Å². The summed E-state index contributed by atoms with van der Waals surface area (Å²) in [5, 5.41) is 9.63. The fraction of sp³-hybridized carbons (Fsp3) is 0.385. The zero-order chi connectivity index (χ0) is 12.4. The lowest BCUT2D eigenvalue weighted by Crippen LogP contribution is -2.51. The van der Waals surface area contributed by atoms with Crippen molar-refractivity contribution in [2.45, 2.75) is 32.7 Å². The molecular formula is C13H20OSi2. The molecule has 86 valence electrons. The Labute approximate surface area is 100 Å². The van der Waals surface area contributed by atoms with Crippen LogP contribution in [-0.2, 0) is 0 Å². The van der Waals surface area contributed by atoms with Crippen molar-refractivity contribution < 1.29 is 5.11 Å². The molecule has 0 unspecified atom stereocenters. The Morgan fingerprint density at radius 3 is 2.06 bits per heavy atom. The zero-order valence-electron chi connectivity index (χ0n) is 10.8. The molecule has 3 heteroatoms. The van der Waals surface area contributed by atoms with Gasteiger partial charge in [0.1, 0.15) is 13.3 Å². The van der Waals surface area contributed by atoms with Crippen LogP contribution < -0.4 is 0 Å². The summed E-state index contributed by atoms with van der Waals surface area (Å²) >= 11 is 0. The van der Waals surface area contributed by atoms with Crippen LogP contribution in [0.3, 0.4) is 0 Å². The highest BCUT2D eigenvalue weighted by molar-refractivity contribution is 7.43. The molecule has 1 aromatic carbocycles. The van der Waals surface area contributed by atoms with E-state index in [9.17, 15) is 5.11 Å². The second-order valence-electron chi connectivity index (χ2n) is 5.64. The number of rotatable bonds is 1. The summed E-state index contributed by atoms with van der Waals surface area (Å²) in [7, 11) is -2.62. The molecule has 1 aromatic rings. The SMILES string of the molecule is C[Si](C)(C)[Si](C)(C)C#Cc1ccccc1O. The van der Waals surface area contributed by atoms with E-state index in [1.165, 1.54) is 0 Å². The molecule has 0 aliphatic heterocycles. The number of hydrogen-bond donors (Lipinski definition) is 1. The molecule has 0 heterocycles. The minimum Gasteiger partial charge on any atom is -0.507 e. The van der Waals surface area contributed by atoms with Crippen LogP contribution in [0.5, 0.6) is 5.75 Å². The molecule has 1 nitrogen and oxygen atoms in total. The largest absolute Gasteiger partial charge is 0.507 e. The summed E-state index contributed by atoms with van der Waals surface area (Å²) in [6.07, 6.45) is 0. The van der Waals surface area contributed by atoms with E-state index in [-0.39, 0.29) is 5.75 Å². The standard InChI is InChI=1S/C13H20OSi2/c1-15(2,3)16(4,5)11-10-12-8-6-7-9-13(12)14/h6-9,14H,1-5H3. The lowest BCUT2D eigenvalue weighted by atomic mass is 10.2. The monoisotopic (exact) mass is 248 g/mol. The van der Waals surface area contributed by atoms with Crippen molar-refractivity contribution in [3.63, 3.8) is 0 Å². The van der Waals surface area contributed by atoms with E-state index < -0.39 is 15.2 Å². The first kappa shape index (κ1) is 13.1. The van der Waals surface area contributed by atoms with Crippen LogP contribution in [0, 0.1) is 11.5 Å². The van der Waals surface area contributed by atoms with E-state index in [2.05, 4.69) is 44.2 Å². The van der Waals surface area contributed by atoms with E-state index in [0.717, 1.165) is 5.56 Å². The second-order valence-corrected chi connectivity index (χ2v) is 21.9. The molecule has 1 rings (SSSR count). The third-order valence-electron chi connectivity index (χ3n) is 3.29. The lowest BCUT2D eigenvalue weighted by molar-refractivity contribution is 0.474. The van der Waals surface area contributed by atoms with E-state index in [0.29, 0.717) is 0 Å². The van der Waals surface area contributed by atoms with Gasteiger partial charge in [-0.05, 0) is 12.1 Å². The molecule has 0 radical (unpaired) electrons. The molecule has 1 N–H and O–H groups in total. The van der Waals surface area contributed by atoms with E-state index in [4.69, 9.17) is 0 Å². The molecule has 0 atom stereocenters. The molecule has 0 fully saturated rings. The van der Waals surface area contributed by atoms with E-state index in [1.807, 2.05) is 18.2 Å². The van der Waals surface area contributed by atoms with Gasteiger partial charge < -0.3 is 5.11 Å². The van der Waals surface area contributed by atoms with Crippen molar-refractivity contribution in [1.82, 2.24) is 0 Å². The summed E-state index contributed by atoms with van der Waals surface area (Å²) in [5.74, 6) is 3.44. The molecule has 0 amide bonds. The van der Waals surface area contributed by atoms with Crippen molar-refractivity contribution in [3.05, 3.63) is 29.8 Å². The molecule has 0 aromatic heterocycles. The number of phenols is 1. The van der Waals surface area contributed by atoms with Crippen molar-refractivity contribution >= 4 is 15.2 Å². The molecule has 0 spiro atoms. The van der Waals surface area contributed by atoms with Gasteiger partial charge in [-0.3, -0.25) is 0 Å². The fourth-order valence-corrected chi connectivity index (χ4v) is 3.13. The van der Waals surface area contributed by atoms with Gasteiger partial charge in [-0.25, -0.2) is 0 Å². The molecule has 0 aliphatic carbocycles. The summed E-state index contributed by atoms with van der Waals surface area (Å²) in [5.41, 5.74) is 4.20. The van der Waals surface area contributed by atoms with Crippen molar-refractivity contribution in [2.75, 3.05) is 0 Å². The quantitative estimate of drug-likeness (QED) is 0.596. The van der Waals surface area contributed by atoms with Gasteiger partial charge in [-0.15, -0.1) is 5.54 Å². The maximum absolute atomic E-state index is 9.63. The lowest BCUT2D eigenvalue weighted by Gasteiger charge is -2.29. The predicted octanol–water partition coefficient (Wildman–Crippen LogP) is 3.41. The first-order valence-electron chi connectivity index (χ1n) is 5.55. The second kappa shape index (κ2) is 4.48. The topological polar surface area (TPSA) is 20.2 Å². The smallest absolute Gasteiger partial charge is 0.131 e. The number of hydrogen-bond acceptors (Lipinski definition) is 1. The Morgan fingerprint density at radius 1 is 1.00 bits per heavy atom. The first-order valence-corrected chi connectivity index (χ1v) is 13.1. The van der Waals surface area contributed by atoms with Gasteiger partial charge >= 0.3 is 0 Å². The Kier molecular flexibility index (Phi) is 3.66. The Balaban J connectivity index is 3.04. The molecule has 0 saturated heterocycles. The average Bonchev–Trinajstić information content (AvgIpc) is 2.15. The van der Waals surface area contributed by atoms with Crippen LogP contribution in [0.4, 0.5) is 0 Å². The molecule has 0 saturated carbocycles. The Bertz CT molecular complexity index is 433. The number of aromatic hydroxyl groups is 1. The minimum absolute atomic E-state index is 0.287. The van der Waals surface area contributed by atoms with Gasteiger partial charge in [0, 0.05) is 0 Å². The van der Waals surface area contributed by atoms with E-state index in [1.54, 1.807) is 6.07 Å². The van der Waals surface area contributed by atoms with E-state index >= 15 is 0 Å². The van der Waals surface area contributed by atoms with Gasteiger partial charge in [0.05, 0.1) is 13.2 Å². The summed E-state index contributed by atoms with van der Waals surface area (Å²) in [6, 6.07) is 7.29. The Morgan fingerprint density at radius 2 is 1.56 bits per heavy atom. The van der Waals surface area contributed by atoms with Gasteiger partial charge in [-0.1, -0.05) is 50.8 Å². The Hall–Kier alpha value is -0.986. The fourth-order valence-electron chi connectivity index (χ4n) is 0.990. The summed E-state index contributed by atoms with van der Waals surface area (Å²) in [4.78, 5) is 0. The van der Waals surface area contributed by atoms with Crippen LogP contribution in [0.25, 0.3) is 0 Å². The maximum Gasteiger partial charge on any atom is 0.131 e. The van der Waals surface area contributed by atoms with Gasteiger partial charge in [-0.2, -0.15) is 0 Å². The van der Waals surface area contributed by atoms with Crippen molar-refractivity contribution in [3.8, 4) is 17.2 Å². The average molecular weight is 248 g/mol. The van der Waals surface area contributed by atoms with Crippen LogP contribution in [-0.4, -0.2) is 20.3 Å². The van der Waals surface area contributed by atoms with Crippen molar-refractivity contribution in [1.29, 1.82) is 0 Å².